The number of hydrogen-bond donors (Lipinski definition) is 1. The van der Waals surface area contributed by atoms with Crippen molar-refractivity contribution in [2.45, 2.75) is 26.7 Å². The van der Waals surface area contributed by atoms with E-state index in [-0.39, 0.29) is 30.1 Å². The second-order valence-electron chi connectivity index (χ2n) is 6.86. The summed E-state index contributed by atoms with van der Waals surface area (Å²) in [6.07, 6.45) is 1.74. The minimum atomic E-state index is -0.506. The van der Waals surface area contributed by atoms with Gasteiger partial charge in [0.2, 0.25) is 5.91 Å². The number of rotatable bonds is 5. The molecule has 0 aromatic heterocycles. The lowest BCUT2D eigenvalue weighted by Crippen LogP contribution is -2.38. The van der Waals surface area contributed by atoms with Crippen molar-refractivity contribution < 1.29 is 18.7 Å². The lowest BCUT2D eigenvalue weighted by atomic mass is 9.99. The second kappa shape index (κ2) is 8.20. The standard InChI is InChI=1S/C21H23FN2O3/c1-14(2)21(26)24-11-5-6-15-12-16(9-10-18(15)24)23-20(25)13-27-19-8-4-3-7-17(19)22/h3-4,7-10,12,14H,5-6,11,13H2,1-2H3,(H,23,25). The van der Waals surface area contributed by atoms with Gasteiger partial charge in [0.1, 0.15) is 0 Å². The van der Waals surface area contributed by atoms with Crippen LogP contribution in [0.15, 0.2) is 42.5 Å². The van der Waals surface area contributed by atoms with Crippen LogP contribution in [0.5, 0.6) is 5.75 Å². The molecule has 0 radical (unpaired) electrons. The van der Waals surface area contributed by atoms with Gasteiger partial charge in [0.25, 0.3) is 5.91 Å². The molecule has 0 spiro atoms. The van der Waals surface area contributed by atoms with E-state index in [4.69, 9.17) is 4.74 Å². The predicted molar refractivity (Wildman–Crippen MR) is 102 cm³/mol. The van der Waals surface area contributed by atoms with Gasteiger partial charge in [0.15, 0.2) is 18.2 Å². The van der Waals surface area contributed by atoms with Crippen molar-refractivity contribution in [3.05, 3.63) is 53.8 Å². The second-order valence-corrected chi connectivity index (χ2v) is 6.86. The molecule has 3 rings (SSSR count). The summed E-state index contributed by atoms with van der Waals surface area (Å²) in [4.78, 5) is 26.3. The minimum Gasteiger partial charge on any atom is -0.481 e. The number of fused-ring (bicyclic) bond motifs is 1. The number of halogens is 1. The SMILES string of the molecule is CC(C)C(=O)N1CCCc2cc(NC(=O)COc3ccccc3F)ccc21. The highest BCUT2D eigenvalue weighted by Crippen LogP contribution is 2.30. The molecule has 5 nitrogen and oxygen atoms in total. The number of hydrogen-bond acceptors (Lipinski definition) is 3. The fraction of sp³-hybridized carbons (Fsp3) is 0.333. The highest BCUT2D eigenvalue weighted by Gasteiger charge is 2.24. The minimum absolute atomic E-state index is 0.0425. The lowest BCUT2D eigenvalue weighted by Gasteiger charge is -2.31. The van der Waals surface area contributed by atoms with Gasteiger partial charge in [0, 0.05) is 23.8 Å². The van der Waals surface area contributed by atoms with Crippen LogP contribution in [-0.2, 0) is 16.0 Å². The number of anilines is 2. The maximum absolute atomic E-state index is 13.5. The number of aryl methyl sites for hydroxylation is 1. The molecule has 2 aromatic carbocycles. The van der Waals surface area contributed by atoms with Crippen LogP contribution in [0, 0.1) is 11.7 Å². The molecule has 0 saturated carbocycles. The largest absolute Gasteiger partial charge is 0.481 e. The van der Waals surface area contributed by atoms with Crippen molar-refractivity contribution in [3.8, 4) is 5.75 Å². The Bertz CT molecular complexity index is 851. The van der Waals surface area contributed by atoms with E-state index in [1.165, 1.54) is 12.1 Å². The van der Waals surface area contributed by atoms with Crippen molar-refractivity contribution in [2.24, 2.45) is 5.92 Å². The molecule has 0 unspecified atom stereocenters. The first-order chi connectivity index (χ1) is 13.0. The third-order valence-electron chi connectivity index (χ3n) is 4.44. The van der Waals surface area contributed by atoms with E-state index in [1.54, 1.807) is 18.2 Å². The molecule has 6 heteroatoms. The molecular weight excluding hydrogens is 347 g/mol. The smallest absolute Gasteiger partial charge is 0.262 e. The molecule has 1 N–H and O–H groups in total. The average molecular weight is 370 g/mol. The molecule has 2 amide bonds. The van der Waals surface area contributed by atoms with Gasteiger partial charge in [-0.15, -0.1) is 0 Å². The molecule has 142 valence electrons. The van der Waals surface area contributed by atoms with Gasteiger partial charge < -0.3 is 15.0 Å². The maximum atomic E-state index is 13.5. The predicted octanol–water partition coefficient (Wildman–Crippen LogP) is 3.78. The van der Waals surface area contributed by atoms with Crippen molar-refractivity contribution in [1.82, 2.24) is 0 Å². The molecule has 1 heterocycles. The van der Waals surface area contributed by atoms with Crippen LogP contribution in [0.2, 0.25) is 0 Å². The highest BCUT2D eigenvalue weighted by molar-refractivity contribution is 5.97. The van der Waals surface area contributed by atoms with Gasteiger partial charge in [-0.1, -0.05) is 26.0 Å². The summed E-state index contributed by atoms with van der Waals surface area (Å²) in [6, 6.07) is 11.5. The number of para-hydroxylation sites is 1. The monoisotopic (exact) mass is 370 g/mol. The molecule has 1 aliphatic heterocycles. The van der Waals surface area contributed by atoms with Crippen molar-refractivity contribution in [3.63, 3.8) is 0 Å². The summed E-state index contributed by atoms with van der Waals surface area (Å²) in [6.45, 7) is 4.21. The van der Waals surface area contributed by atoms with Crippen LogP contribution < -0.4 is 15.0 Å². The van der Waals surface area contributed by atoms with E-state index in [0.29, 0.717) is 12.2 Å². The Hall–Kier alpha value is -2.89. The molecule has 27 heavy (non-hydrogen) atoms. The quantitative estimate of drug-likeness (QED) is 0.871. The van der Waals surface area contributed by atoms with E-state index in [0.717, 1.165) is 24.1 Å². The summed E-state index contributed by atoms with van der Waals surface area (Å²) < 4.78 is 18.7. The van der Waals surface area contributed by atoms with Crippen LogP contribution in [0.1, 0.15) is 25.8 Å². The van der Waals surface area contributed by atoms with Crippen LogP contribution in [-0.4, -0.2) is 25.0 Å². The van der Waals surface area contributed by atoms with Gasteiger partial charge in [-0.05, 0) is 48.7 Å². The topological polar surface area (TPSA) is 58.6 Å². The zero-order valence-corrected chi connectivity index (χ0v) is 15.5. The number of amides is 2. The Morgan fingerprint density at radius 2 is 2.00 bits per heavy atom. The molecule has 0 saturated heterocycles. The number of benzene rings is 2. The fourth-order valence-corrected chi connectivity index (χ4v) is 3.12. The Morgan fingerprint density at radius 3 is 2.74 bits per heavy atom. The van der Waals surface area contributed by atoms with Crippen molar-refractivity contribution >= 4 is 23.2 Å². The molecule has 1 aliphatic rings. The van der Waals surface area contributed by atoms with Gasteiger partial charge in [-0.25, -0.2) is 4.39 Å². The lowest BCUT2D eigenvalue weighted by molar-refractivity contribution is -0.121. The first-order valence-electron chi connectivity index (χ1n) is 9.07. The number of ether oxygens (including phenoxy) is 1. The Morgan fingerprint density at radius 1 is 1.22 bits per heavy atom. The molecule has 0 bridgehead atoms. The number of carbonyl (C=O) groups excluding carboxylic acids is 2. The molecular formula is C21H23FN2O3. The first-order valence-corrected chi connectivity index (χ1v) is 9.07. The summed E-state index contributed by atoms with van der Waals surface area (Å²) in [5.41, 5.74) is 2.57. The van der Waals surface area contributed by atoms with E-state index in [9.17, 15) is 14.0 Å². The third-order valence-corrected chi connectivity index (χ3v) is 4.44. The van der Waals surface area contributed by atoms with Gasteiger partial charge in [-0.2, -0.15) is 0 Å². The third kappa shape index (κ3) is 4.45. The number of nitrogens with zero attached hydrogens (tertiary/aromatic N) is 1. The molecule has 0 aliphatic carbocycles. The van der Waals surface area contributed by atoms with Crippen LogP contribution in [0.3, 0.4) is 0 Å². The summed E-state index contributed by atoms with van der Waals surface area (Å²) in [5.74, 6) is -0.795. The van der Waals surface area contributed by atoms with Gasteiger partial charge in [-0.3, -0.25) is 9.59 Å². The Labute approximate surface area is 158 Å². The van der Waals surface area contributed by atoms with Crippen LogP contribution >= 0.6 is 0 Å². The zero-order chi connectivity index (χ0) is 19.4. The highest BCUT2D eigenvalue weighted by atomic mass is 19.1. The molecule has 2 aromatic rings. The van der Waals surface area contributed by atoms with E-state index in [2.05, 4.69) is 5.32 Å². The summed E-state index contributed by atoms with van der Waals surface area (Å²) in [5, 5.41) is 2.76. The van der Waals surface area contributed by atoms with E-state index >= 15 is 0 Å². The zero-order valence-electron chi connectivity index (χ0n) is 15.5. The average Bonchev–Trinajstić information content (AvgIpc) is 2.66. The van der Waals surface area contributed by atoms with Crippen LogP contribution in [0.25, 0.3) is 0 Å². The Kier molecular flexibility index (Phi) is 5.74. The normalized spacial score (nSPS) is 13.3. The van der Waals surface area contributed by atoms with E-state index < -0.39 is 5.82 Å². The number of nitrogens with one attached hydrogen (secondary N) is 1. The summed E-state index contributed by atoms with van der Waals surface area (Å²) in [7, 11) is 0. The fourth-order valence-electron chi connectivity index (χ4n) is 3.12. The van der Waals surface area contributed by atoms with Gasteiger partial charge in [0.05, 0.1) is 0 Å². The Balaban J connectivity index is 1.65. The van der Waals surface area contributed by atoms with E-state index in [1.807, 2.05) is 30.9 Å². The number of carbonyl (C=O) groups is 2. The first kappa shape index (κ1) is 18.9. The van der Waals surface area contributed by atoms with Crippen molar-refractivity contribution in [2.75, 3.05) is 23.4 Å². The molecule has 0 fully saturated rings. The summed E-state index contributed by atoms with van der Waals surface area (Å²) >= 11 is 0. The molecule has 0 atom stereocenters. The van der Waals surface area contributed by atoms with Crippen molar-refractivity contribution in [1.29, 1.82) is 0 Å². The maximum Gasteiger partial charge on any atom is 0.262 e. The van der Waals surface area contributed by atoms with Crippen LogP contribution in [0.4, 0.5) is 15.8 Å². The van der Waals surface area contributed by atoms with Gasteiger partial charge >= 0.3 is 0 Å².